The molecule has 0 atom stereocenters. The molecule has 0 bridgehead atoms. The molecule has 3 nitrogen and oxygen atoms in total. The first-order chi connectivity index (χ1) is 32.5. The fraction of sp³-hybridized carbons (Fsp3) is 0.0476. The molecule has 1 aliphatic carbocycles. The Labute approximate surface area is 383 Å². The fourth-order valence-electron chi connectivity index (χ4n) is 10.8. The van der Waals surface area contributed by atoms with Gasteiger partial charge in [0.05, 0.1) is 5.69 Å². The largest absolute Gasteiger partial charge is 0.456 e. The fourth-order valence-corrected chi connectivity index (χ4v) is 10.8. The second kappa shape index (κ2) is 14.8. The molecular weight excluding hydrogens is 803 g/mol. The van der Waals surface area contributed by atoms with E-state index in [1.807, 2.05) is 12.1 Å². The number of hydrogen-bond donors (Lipinski definition) is 0. The first-order valence-electron chi connectivity index (χ1n) is 22.7. The summed E-state index contributed by atoms with van der Waals surface area (Å²) in [4.78, 5) is 2.44. The van der Waals surface area contributed by atoms with E-state index in [1.165, 1.54) is 33.4 Å². The predicted octanol–water partition coefficient (Wildman–Crippen LogP) is 17.9. The highest BCUT2D eigenvalue weighted by molar-refractivity contribution is 6.20. The van der Waals surface area contributed by atoms with Crippen LogP contribution in [0.5, 0.6) is 0 Å². The minimum absolute atomic E-state index is 0.137. The summed E-state index contributed by atoms with van der Waals surface area (Å²) in [6.07, 6.45) is 0. The van der Waals surface area contributed by atoms with Gasteiger partial charge in [0.2, 0.25) is 0 Å². The molecule has 0 spiro atoms. The highest BCUT2D eigenvalue weighted by Gasteiger charge is 2.37. The van der Waals surface area contributed by atoms with E-state index in [-0.39, 0.29) is 5.41 Å². The van der Waals surface area contributed by atoms with Crippen LogP contribution >= 0.6 is 0 Å². The molecule has 1 aliphatic rings. The molecular formula is C63H43NO2. The van der Waals surface area contributed by atoms with Gasteiger partial charge in [-0.2, -0.15) is 0 Å². The monoisotopic (exact) mass is 845 g/mol. The normalized spacial score (nSPS) is 12.8. The molecule has 13 rings (SSSR count). The third kappa shape index (κ3) is 5.83. The molecule has 0 saturated carbocycles. The van der Waals surface area contributed by atoms with Gasteiger partial charge in [0.1, 0.15) is 22.3 Å². The zero-order chi connectivity index (χ0) is 43.9. The molecule has 12 aromatic rings. The van der Waals surface area contributed by atoms with Crippen molar-refractivity contribution in [3.63, 3.8) is 0 Å². The van der Waals surface area contributed by atoms with Crippen molar-refractivity contribution in [2.24, 2.45) is 0 Å². The summed E-state index contributed by atoms with van der Waals surface area (Å²) < 4.78 is 13.1. The predicted molar refractivity (Wildman–Crippen MR) is 275 cm³/mol. The van der Waals surface area contributed by atoms with Crippen LogP contribution in [0.2, 0.25) is 0 Å². The SMILES string of the molecule is CC1(C)c2ccccc2-c2c(N(c3ccc(-c4ccccc4)cc3)c3ccc(-c4c(-c5ccc6oc7ccccc7c6c5-c5ccccc5)ccc5oc6ccccc6c45)cc3)cccc21. The summed E-state index contributed by atoms with van der Waals surface area (Å²) in [5.74, 6) is 0. The summed E-state index contributed by atoms with van der Waals surface area (Å²) in [7, 11) is 0. The van der Waals surface area contributed by atoms with Gasteiger partial charge in [-0.25, -0.2) is 0 Å². The lowest BCUT2D eigenvalue weighted by Gasteiger charge is -2.29. The molecule has 10 aromatic carbocycles. The van der Waals surface area contributed by atoms with Crippen molar-refractivity contribution in [2.75, 3.05) is 4.90 Å². The first kappa shape index (κ1) is 38.1. The van der Waals surface area contributed by atoms with Crippen molar-refractivity contribution < 1.29 is 8.83 Å². The Kier molecular flexibility index (Phi) is 8.56. The molecule has 0 amide bonds. The van der Waals surface area contributed by atoms with Crippen LogP contribution in [-0.4, -0.2) is 0 Å². The summed E-state index contributed by atoms with van der Waals surface area (Å²) in [6.45, 7) is 4.70. The average Bonchev–Trinajstić information content (AvgIpc) is 4.02. The lowest BCUT2D eigenvalue weighted by atomic mass is 9.82. The molecule has 2 heterocycles. The second-order valence-electron chi connectivity index (χ2n) is 18.0. The zero-order valence-electron chi connectivity index (χ0n) is 36.6. The van der Waals surface area contributed by atoms with Gasteiger partial charge in [0.15, 0.2) is 0 Å². The number of rotatable bonds is 7. The van der Waals surface area contributed by atoms with Crippen molar-refractivity contribution in [1.82, 2.24) is 0 Å². The van der Waals surface area contributed by atoms with Gasteiger partial charge in [0, 0.05) is 55.0 Å². The van der Waals surface area contributed by atoms with E-state index < -0.39 is 0 Å². The third-order valence-electron chi connectivity index (χ3n) is 13.9. The second-order valence-corrected chi connectivity index (χ2v) is 18.0. The van der Waals surface area contributed by atoms with Crippen molar-refractivity contribution >= 4 is 60.9 Å². The maximum Gasteiger partial charge on any atom is 0.136 e. The van der Waals surface area contributed by atoms with Crippen LogP contribution in [0.15, 0.2) is 233 Å². The van der Waals surface area contributed by atoms with Crippen molar-refractivity contribution in [3.05, 3.63) is 236 Å². The lowest BCUT2D eigenvalue weighted by Crippen LogP contribution is -2.16. The number of anilines is 3. The van der Waals surface area contributed by atoms with Crippen LogP contribution in [0.3, 0.4) is 0 Å². The number of furan rings is 2. The first-order valence-corrected chi connectivity index (χ1v) is 22.7. The van der Waals surface area contributed by atoms with Crippen molar-refractivity contribution in [2.45, 2.75) is 19.3 Å². The highest BCUT2D eigenvalue weighted by atomic mass is 16.3. The van der Waals surface area contributed by atoms with E-state index in [0.717, 1.165) is 94.3 Å². The van der Waals surface area contributed by atoms with E-state index in [0.29, 0.717) is 0 Å². The van der Waals surface area contributed by atoms with Crippen LogP contribution in [0.1, 0.15) is 25.0 Å². The molecule has 312 valence electrons. The molecule has 0 radical (unpaired) electrons. The standard InChI is InChI=1S/C63H43NO2/c1-63(2)51-23-12-9-20-48(51)60-52(63)24-15-25-53(60)64(44-32-28-41(29-33-44)40-16-5-3-6-17-40)45-34-30-43(31-35-45)59-47(37-39-57-62(59)50-22-11-14-27-55(50)66-57)46-36-38-56-61(49-21-10-13-26-54(49)65-56)58(46)42-18-7-4-8-19-42/h3-39H,1-2H3. The number of hydrogen-bond acceptors (Lipinski definition) is 3. The smallest absolute Gasteiger partial charge is 0.136 e. The van der Waals surface area contributed by atoms with Gasteiger partial charge in [-0.05, 0) is 117 Å². The van der Waals surface area contributed by atoms with Crippen molar-refractivity contribution in [3.8, 4) is 55.6 Å². The number of benzene rings is 10. The molecule has 3 heteroatoms. The Balaban J connectivity index is 1.04. The maximum absolute atomic E-state index is 6.62. The highest BCUT2D eigenvalue weighted by Crippen LogP contribution is 2.55. The van der Waals surface area contributed by atoms with Gasteiger partial charge in [-0.1, -0.05) is 172 Å². The van der Waals surface area contributed by atoms with Gasteiger partial charge in [0.25, 0.3) is 0 Å². The third-order valence-corrected chi connectivity index (χ3v) is 13.9. The summed E-state index contributed by atoms with van der Waals surface area (Å²) >= 11 is 0. The van der Waals surface area contributed by atoms with Crippen LogP contribution in [-0.2, 0) is 5.41 Å². The maximum atomic E-state index is 6.62. The van der Waals surface area contributed by atoms with Crippen LogP contribution < -0.4 is 4.90 Å². The van der Waals surface area contributed by atoms with E-state index in [1.54, 1.807) is 0 Å². The average molecular weight is 846 g/mol. The Bertz CT molecular complexity index is 3820. The lowest BCUT2D eigenvalue weighted by molar-refractivity contribution is 0.660. The van der Waals surface area contributed by atoms with Gasteiger partial charge in [-0.3, -0.25) is 0 Å². The molecule has 0 fully saturated rings. The van der Waals surface area contributed by atoms with Gasteiger partial charge < -0.3 is 13.7 Å². The Morgan fingerprint density at radius 2 is 0.773 bits per heavy atom. The van der Waals surface area contributed by atoms with Crippen molar-refractivity contribution in [1.29, 1.82) is 0 Å². The molecule has 0 aliphatic heterocycles. The minimum Gasteiger partial charge on any atom is -0.456 e. The van der Waals surface area contributed by atoms with Crippen LogP contribution in [0, 0.1) is 0 Å². The summed E-state index contributed by atoms with van der Waals surface area (Å²) in [6, 6.07) is 80.8. The topological polar surface area (TPSA) is 29.5 Å². The van der Waals surface area contributed by atoms with Crippen LogP contribution in [0.25, 0.3) is 99.5 Å². The Hall–Kier alpha value is -8.40. The Morgan fingerprint density at radius 3 is 1.36 bits per heavy atom. The molecule has 0 N–H and O–H groups in total. The van der Waals surface area contributed by atoms with Gasteiger partial charge >= 0.3 is 0 Å². The van der Waals surface area contributed by atoms with E-state index in [2.05, 4.69) is 231 Å². The number of fused-ring (bicyclic) bond motifs is 9. The number of para-hydroxylation sites is 2. The summed E-state index contributed by atoms with van der Waals surface area (Å²) in [5, 5.41) is 4.40. The Morgan fingerprint density at radius 1 is 0.318 bits per heavy atom. The number of nitrogens with zero attached hydrogens (tertiary/aromatic N) is 1. The molecule has 0 unspecified atom stereocenters. The molecule has 0 saturated heterocycles. The summed E-state index contributed by atoms with van der Waals surface area (Å²) in [5.41, 5.74) is 21.1. The van der Waals surface area contributed by atoms with E-state index in [4.69, 9.17) is 8.83 Å². The van der Waals surface area contributed by atoms with E-state index >= 15 is 0 Å². The minimum atomic E-state index is -0.137. The van der Waals surface area contributed by atoms with Gasteiger partial charge in [-0.15, -0.1) is 0 Å². The molecule has 2 aromatic heterocycles. The molecule has 66 heavy (non-hydrogen) atoms. The van der Waals surface area contributed by atoms with E-state index in [9.17, 15) is 0 Å². The zero-order valence-corrected chi connectivity index (χ0v) is 36.6. The van der Waals surface area contributed by atoms with Crippen LogP contribution in [0.4, 0.5) is 17.1 Å². The quantitative estimate of drug-likeness (QED) is 0.160.